The fourth-order valence-electron chi connectivity index (χ4n) is 5.71. The summed E-state index contributed by atoms with van der Waals surface area (Å²) in [7, 11) is 0. The number of rotatable bonds is 6. The van der Waals surface area contributed by atoms with E-state index < -0.39 is 11.6 Å². The lowest BCUT2D eigenvalue weighted by Crippen LogP contribution is -2.51. The number of carbonyl (C=O) groups is 1. The van der Waals surface area contributed by atoms with E-state index in [9.17, 15) is 9.90 Å². The molecule has 2 atom stereocenters. The second-order valence-electron chi connectivity index (χ2n) is 8.48. The molecular formula is C17H29NO3. The molecule has 0 spiro atoms. The minimum atomic E-state index is -1.67. The van der Waals surface area contributed by atoms with Gasteiger partial charge in [-0.1, -0.05) is 0 Å². The minimum Gasteiger partial charge on any atom is -0.479 e. The Kier molecular flexibility index (Phi) is 3.81. The van der Waals surface area contributed by atoms with Crippen molar-refractivity contribution in [3.63, 3.8) is 0 Å². The highest BCUT2D eigenvalue weighted by Crippen LogP contribution is 2.61. The van der Waals surface area contributed by atoms with E-state index in [1.54, 1.807) is 0 Å². The van der Waals surface area contributed by atoms with Crippen LogP contribution in [0, 0.1) is 23.2 Å². The third kappa shape index (κ3) is 3.11. The summed E-state index contributed by atoms with van der Waals surface area (Å²) in [5.41, 5.74) is -1.17. The zero-order valence-electron chi connectivity index (χ0n) is 13.3. The lowest BCUT2D eigenvalue weighted by atomic mass is 9.48. The lowest BCUT2D eigenvalue weighted by molar-refractivity contribution is -0.156. The van der Waals surface area contributed by atoms with Gasteiger partial charge in [0.1, 0.15) is 0 Å². The van der Waals surface area contributed by atoms with Gasteiger partial charge >= 0.3 is 5.97 Å². The Bertz CT molecular complexity index is 383. The van der Waals surface area contributed by atoms with E-state index in [0.29, 0.717) is 5.41 Å². The molecule has 0 radical (unpaired) electrons. The summed E-state index contributed by atoms with van der Waals surface area (Å²) < 4.78 is 0. The Hall–Kier alpha value is -0.610. The minimum absolute atomic E-state index is 0.121. The highest BCUT2D eigenvalue weighted by molar-refractivity contribution is 5.76. The molecule has 4 aliphatic rings. The van der Waals surface area contributed by atoms with Gasteiger partial charge in [0, 0.05) is 12.6 Å². The Morgan fingerprint density at radius 2 is 1.71 bits per heavy atom. The van der Waals surface area contributed by atoms with E-state index in [0.717, 1.165) is 24.2 Å². The molecule has 2 unspecified atom stereocenters. The largest absolute Gasteiger partial charge is 0.479 e. The fraction of sp³-hybridized carbons (Fsp3) is 0.941. The monoisotopic (exact) mass is 295 g/mol. The van der Waals surface area contributed by atoms with Crippen molar-refractivity contribution in [2.24, 2.45) is 23.2 Å². The molecule has 3 N–H and O–H groups in total. The molecule has 4 bridgehead atoms. The predicted octanol–water partition coefficient (Wildman–Crippen LogP) is 2.41. The smallest absolute Gasteiger partial charge is 0.336 e. The van der Waals surface area contributed by atoms with Crippen LogP contribution in [0.4, 0.5) is 0 Å². The van der Waals surface area contributed by atoms with Gasteiger partial charge in [0.25, 0.3) is 0 Å². The zero-order chi connectivity index (χ0) is 15.3. The number of hydrogen-bond acceptors (Lipinski definition) is 3. The lowest BCUT2D eigenvalue weighted by Gasteiger charge is -2.57. The number of carboxylic acids is 1. The summed E-state index contributed by atoms with van der Waals surface area (Å²) >= 11 is 0. The summed E-state index contributed by atoms with van der Waals surface area (Å²) in [5, 5.41) is 22.0. The van der Waals surface area contributed by atoms with E-state index in [-0.39, 0.29) is 12.6 Å². The quantitative estimate of drug-likeness (QED) is 0.704. The van der Waals surface area contributed by atoms with Gasteiger partial charge in [0.05, 0.1) is 0 Å². The van der Waals surface area contributed by atoms with Gasteiger partial charge < -0.3 is 15.5 Å². The van der Waals surface area contributed by atoms with Crippen LogP contribution in [0.2, 0.25) is 0 Å². The first kappa shape index (κ1) is 15.3. The van der Waals surface area contributed by atoms with E-state index >= 15 is 0 Å². The van der Waals surface area contributed by atoms with Crippen LogP contribution in [0.3, 0.4) is 0 Å². The Balaban J connectivity index is 1.55. The van der Waals surface area contributed by atoms with Crippen molar-refractivity contribution in [2.75, 3.05) is 6.54 Å². The van der Waals surface area contributed by atoms with Crippen molar-refractivity contribution < 1.29 is 15.0 Å². The van der Waals surface area contributed by atoms with Crippen LogP contribution < -0.4 is 5.32 Å². The van der Waals surface area contributed by atoms with Crippen LogP contribution in [-0.4, -0.2) is 34.4 Å². The van der Waals surface area contributed by atoms with E-state index in [1.807, 2.05) is 0 Å². The molecule has 4 saturated carbocycles. The molecule has 0 aliphatic heterocycles. The van der Waals surface area contributed by atoms with Gasteiger partial charge in [0.2, 0.25) is 0 Å². The molecule has 4 nitrogen and oxygen atoms in total. The number of nitrogens with one attached hydrogen (secondary N) is 1. The molecule has 4 rings (SSSR count). The third-order valence-corrected chi connectivity index (χ3v) is 6.16. The maximum atomic E-state index is 11.0. The molecule has 0 aromatic rings. The second-order valence-corrected chi connectivity index (χ2v) is 8.48. The van der Waals surface area contributed by atoms with Crippen LogP contribution in [0.15, 0.2) is 0 Å². The first-order chi connectivity index (χ1) is 9.78. The second kappa shape index (κ2) is 5.24. The molecule has 0 saturated heterocycles. The normalized spacial score (nSPS) is 41.8. The molecule has 4 aliphatic carbocycles. The van der Waals surface area contributed by atoms with E-state index in [1.165, 1.54) is 45.4 Å². The van der Waals surface area contributed by atoms with Crippen molar-refractivity contribution in [2.45, 2.75) is 70.4 Å². The summed E-state index contributed by atoms with van der Waals surface area (Å²) in [6.07, 6.45) is 9.62. The molecule has 0 aromatic carbocycles. The van der Waals surface area contributed by atoms with Gasteiger partial charge in [-0.15, -0.1) is 0 Å². The zero-order valence-corrected chi connectivity index (χ0v) is 13.3. The first-order valence-electron chi connectivity index (χ1n) is 8.47. The summed E-state index contributed by atoms with van der Waals surface area (Å²) in [6.45, 7) is 3.62. The molecule has 21 heavy (non-hydrogen) atoms. The number of aliphatic hydroxyl groups is 1. The van der Waals surface area contributed by atoms with Crippen LogP contribution in [0.25, 0.3) is 0 Å². The van der Waals surface area contributed by atoms with E-state index in [4.69, 9.17) is 5.11 Å². The Morgan fingerprint density at radius 1 is 1.24 bits per heavy atom. The van der Waals surface area contributed by atoms with Crippen LogP contribution >= 0.6 is 0 Å². The standard InChI is InChI=1S/C17H29NO3/c1-11(18-10-16(2,21)15(19)20)6-17-7-12-3-13(8-17)5-14(4-12)9-17/h11-14,18,21H,3-10H2,1-2H3,(H,19,20). The van der Waals surface area contributed by atoms with Gasteiger partial charge in [-0.3, -0.25) is 0 Å². The average Bonchev–Trinajstić information content (AvgIpc) is 2.34. The van der Waals surface area contributed by atoms with Crippen LogP contribution in [-0.2, 0) is 4.79 Å². The van der Waals surface area contributed by atoms with Gasteiger partial charge in [-0.05, 0) is 82.0 Å². The number of aliphatic carboxylic acids is 1. The predicted molar refractivity (Wildman–Crippen MR) is 80.9 cm³/mol. The van der Waals surface area contributed by atoms with Crippen LogP contribution in [0.1, 0.15) is 58.8 Å². The molecule has 0 amide bonds. The summed E-state index contributed by atoms with van der Waals surface area (Å²) in [5.74, 6) is 1.69. The van der Waals surface area contributed by atoms with Gasteiger partial charge in [0.15, 0.2) is 5.60 Å². The number of hydrogen-bond donors (Lipinski definition) is 3. The van der Waals surface area contributed by atoms with Gasteiger partial charge in [-0.2, -0.15) is 0 Å². The van der Waals surface area contributed by atoms with Crippen molar-refractivity contribution >= 4 is 5.97 Å². The Labute approximate surface area is 127 Å². The SMILES string of the molecule is CC(CC12CC3CC(CC(C3)C1)C2)NCC(C)(O)C(=O)O. The molecule has 120 valence electrons. The topological polar surface area (TPSA) is 69.6 Å². The third-order valence-electron chi connectivity index (χ3n) is 6.16. The van der Waals surface area contributed by atoms with E-state index in [2.05, 4.69) is 12.2 Å². The summed E-state index contributed by atoms with van der Waals surface area (Å²) in [6, 6.07) is 0.270. The molecule has 0 heterocycles. The fourth-order valence-corrected chi connectivity index (χ4v) is 5.71. The maximum absolute atomic E-state index is 11.0. The Morgan fingerprint density at radius 3 is 2.14 bits per heavy atom. The van der Waals surface area contributed by atoms with Crippen molar-refractivity contribution in [1.82, 2.24) is 5.32 Å². The van der Waals surface area contributed by atoms with Crippen molar-refractivity contribution in [1.29, 1.82) is 0 Å². The first-order valence-corrected chi connectivity index (χ1v) is 8.47. The summed E-state index contributed by atoms with van der Waals surface area (Å²) in [4.78, 5) is 11.0. The van der Waals surface area contributed by atoms with Crippen molar-refractivity contribution in [3.8, 4) is 0 Å². The average molecular weight is 295 g/mol. The van der Waals surface area contributed by atoms with Crippen molar-refractivity contribution in [3.05, 3.63) is 0 Å². The maximum Gasteiger partial charge on any atom is 0.336 e. The molecule has 4 fully saturated rings. The number of carboxylic acid groups (broad SMARTS) is 1. The van der Waals surface area contributed by atoms with Gasteiger partial charge in [-0.25, -0.2) is 4.79 Å². The highest BCUT2D eigenvalue weighted by Gasteiger charge is 2.51. The molecular weight excluding hydrogens is 266 g/mol. The van der Waals surface area contributed by atoms with Crippen LogP contribution in [0.5, 0.6) is 0 Å². The molecule has 0 aromatic heterocycles. The molecule has 4 heteroatoms. The highest BCUT2D eigenvalue weighted by atomic mass is 16.4.